The quantitative estimate of drug-likeness (QED) is 0.538. The van der Waals surface area contributed by atoms with Crippen LogP contribution in [0.4, 0.5) is 5.69 Å². The molecule has 1 heterocycles. The molecule has 0 unspecified atom stereocenters. The van der Waals surface area contributed by atoms with E-state index < -0.39 is 0 Å². The van der Waals surface area contributed by atoms with Crippen LogP contribution in [0, 0.1) is 3.57 Å². The van der Waals surface area contributed by atoms with Crippen molar-refractivity contribution < 1.29 is 0 Å². The van der Waals surface area contributed by atoms with E-state index >= 15 is 0 Å². The Balaban J connectivity index is 1.90. The molecule has 3 nitrogen and oxygen atoms in total. The number of fused-ring (bicyclic) bond motifs is 1. The molecule has 0 saturated heterocycles. The number of nitrogens with one attached hydrogen (secondary N) is 1. The summed E-state index contributed by atoms with van der Waals surface area (Å²) < 4.78 is 1.20. The highest BCUT2D eigenvalue weighted by Gasteiger charge is 2.00. The number of aromatic amines is 1. The number of rotatable bonds is 2. The zero-order valence-corrected chi connectivity index (χ0v) is 12.3. The lowest BCUT2D eigenvalue weighted by Crippen LogP contribution is -1.82. The normalized spacial score (nSPS) is 11.4. The first-order chi connectivity index (χ1) is 9.20. The van der Waals surface area contributed by atoms with Crippen LogP contribution in [0.2, 0.25) is 0 Å². The minimum atomic E-state index is 0.774. The summed E-state index contributed by atoms with van der Waals surface area (Å²) in [6, 6.07) is 13.9. The predicted molar refractivity (Wildman–Crippen MR) is 88.6 cm³/mol. The summed E-state index contributed by atoms with van der Waals surface area (Å²) in [5.41, 5.74) is 9.57. The van der Waals surface area contributed by atoms with E-state index in [1.54, 1.807) is 0 Å². The second kappa shape index (κ2) is 5.05. The van der Waals surface area contributed by atoms with Crippen LogP contribution in [0.25, 0.3) is 23.2 Å². The molecule has 94 valence electrons. The first kappa shape index (κ1) is 12.2. The van der Waals surface area contributed by atoms with Crippen LogP contribution in [0.3, 0.4) is 0 Å². The monoisotopic (exact) mass is 359 g/mol. The molecule has 0 fully saturated rings. The van der Waals surface area contributed by atoms with Crippen molar-refractivity contribution >= 4 is 51.5 Å². The fourth-order valence-corrected chi connectivity index (χ4v) is 2.35. The molecule has 2 aromatic carbocycles. The van der Waals surface area contributed by atoms with Gasteiger partial charge in [0.2, 0.25) is 0 Å². The fraction of sp³-hybridized carbons (Fsp3) is 0. The Morgan fingerprint density at radius 3 is 2.63 bits per heavy atom. The Labute approximate surface area is 124 Å². The van der Waals surface area contributed by atoms with Gasteiger partial charge in [-0.15, -0.1) is 0 Å². The van der Waals surface area contributed by atoms with Crippen LogP contribution in [0.1, 0.15) is 11.4 Å². The molecule has 1 aromatic heterocycles. The SMILES string of the molecule is Nc1ccc(/C=C/c2nc3ccc([125I])cc3[nH]2)cc1. The van der Waals surface area contributed by atoms with Gasteiger partial charge in [0.15, 0.2) is 0 Å². The summed E-state index contributed by atoms with van der Waals surface area (Å²) in [4.78, 5) is 7.81. The van der Waals surface area contributed by atoms with E-state index in [1.165, 1.54) is 3.57 Å². The summed E-state index contributed by atoms with van der Waals surface area (Å²) in [7, 11) is 0. The zero-order valence-electron chi connectivity index (χ0n) is 10.1. The summed E-state index contributed by atoms with van der Waals surface area (Å²) >= 11 is 2.29. The van der Waals surface area contributed by atoms with Gasteiger partial charge in [-0.05, 0) is 64.6 Å². The summed E-state index contributed by atoms with van der Waals surface area (Å²) in [6.45, 7) is 0. The molecule has 3 N–H and O–H groups in total. The van der Waals surface area contributed by atoms with Crippen LogP contribution in [-0.4, -0.2) is 9.97 Å². The third-order valence-corrected chi connectivity index (χ3v) is 3.50. The Morgan fingerprint density at radius 1 is 1.05 bits per heavy atom. The summed E-state index contributed by atoms with van der Waals surface area (Å²) in [5.74, 6) is 0.855. The van der Waals surface area contributed by atoms with Gasteiger partial charge in [-0.25, -0.2) is 4.98 Å². The number of hydrogen-bond acceptors (Lipinski definition) is 2. The van der Waals surface area contributed by atoms with Gasteiger partial charge in [0.05, 0.1) is 11.0 Å². The molecule has 0 spiro atoms. The van der Waals surface area contributed by atoms with Crippen molar-refractivity contribution in [2.75, 3.05) is 5.73 Å². The third kappa shape index (κ3) is 2.78. The number of anilines is 1. The smallest absolute Gasteiger partial charge is 0.131 e. The second-order valence-corrected chi connectivity index (χ2v) is 5.53. The van der Waals surface area contributed by atoms with Crippen molar-refractivity contribution in [3.8, 4) is 0 Å². The van der Waals surface area contributed by atoms with E-state index in [-0.39, 0.29) is 0 Å². The first-order valence-corrected chi connectivity index (χ1v) is 6.97. The molecular weight excluding hydrogens is 347 g/mol. The molecule has 4 heteroatoms. The van der Waals surface area contributed by atoms with Crippen molar-refractivity contribution in [2.45, 2.75) is 0 Å². The van der Waals surface area contributed by atoms with E-state index in [4.69, 9.17) is 5.73 Å². The fourth-order valence-electron chi connectivity index (χ4n) is 1.86. The standard InChI is InChI=1S/C15H12IN3/c16-11-4-7-13-14(9-11)19-15(18-13)8-3-10-1-5-12(17)6-2-10/h1-9H,17H2,(H,18,19)/b8-3+/i16-2. The van der Waals surface area contributed by atoms with Crippen LogP contribution >= 0.6 is 22.6 Å². The zero-order chi connectivity index (χ0) is 13.2. The molecule has 0 atom stereocenters. The van der Waals surface area contributed by atoms with Gasteiger partial charge in [0.25, 0.3) is 0 Å². The van der Waals surface area contributed by atoms with Crippen molar-refractivity contribution in [1.82, 2.24) is 9.97 Å². The second-order valence-electron chi connectivity index (χ2n) is 4.28. The van der Waals surface area contributed by atoms with Gasteiger partial charge in [-0.2, -0.15) is 0 Å². The van der Waals surface area contributed by atoms with Gasteiger partial charge >= 0.3 is 0 Å². The first-order valence-electron chi connectivity index (χ1n) is 5.89. The Kier molecular flexibility index (Phi) is 3.25. The highest BCUT2D eigenvalue weighted by atomic mass is 125. The molecular formula is C15H12IN3. The van der Waals surface area contributed by atoms with Gasteiger partial charge in [-0.1, -0.05) is 18.2 Å². The molecule has 0 radical (unpaired) electrons. The molecule has 3 aromatic rings. The largest absolute Gasteiger partial charge is 0.399 e. The number of H-pyrrole nitrogens is 1. The molecule has 0 aliphatic rings. The van der Waals surface area contributed by atoms with Crippen LogP contribution < -0.4 is 5.73 Å². The van der Waals surface area contributed by atoms with Crippen LogP contribution in [0.15, 0.2) is 42.5 Å². The van der Waals surface area contributed by atoms with Gasteiger partial charge < -0.3 is 10.7 Å². The average Bonchev–Trinajstić information content (AvgIpc) is 2.80. The van der Waals surface area contributed by atoms with E-state index in [1.807, 2.05) is 42.5 Å². The number of nitrogens with two attached hydrogens (primary N) is 1. The maximum atomic E-state index is 5.66. The number of halogens is 1. The lowest BCUT2D eigenvalue weighted by atomic mass is 10.2. The number of nitrogens with zero attached hydrogens (tertiary/aromatic N) is 1. The molecule has 0 saturated carbocycles. The highest BCUT2D eigenvalue weighted by Crippen LogP contribution is 2.16. The highest BCUT2D eigenvalue weighted by molar-refractivity contribution is 14.1. The average molecular weight is 359 g/mol. The van der Waals surface area contributed by atoms with Gasteiger partial charge in [-0.3, -0.25) is 0 Å². The predicted octanol–water partition coefficient (Wildman–Crippen LogP) is 3.92. The lowest BCUT2D eigenvalue weighted by molar-refractivity contribution is 1.29. The van der Waals surface area contributed by atoms with E-state index in [0.717, 1.165) is 28.1 Å². The summed E-state index contributed by atoms with van der Waals surface area (Å²) in [5, 5.41) is 0. The molecule has 19 heavy (non-hydrogen) atoms. The minimum Gasteiger partial charge on any atom is -0.399 e. The minimum absolute atomic E-state index is 0.774. The Bertz CT molecular complexity index is 742. The number of imidazole rings is 1. The Hall–Kier alpha value is -1.82. The Morgan fingerprint density at radius 2 is 1.84 bits per heavy atom. The molecule has 0 amide bonds. The summed E-state index contributed by atoms with van der Waals surface area (Å²) in [6.07, 6.45) is 3.99. The van der Waals surface area contributed by atoms with Crippen molar-refractivity contribution in [2.24, 2.45) is 0 Å². The molecule has 0 aliphatic heterocycles. The van der Waals surface area contributed by atoms with Crippen molar-refractivity contribution in [1.29, 1.82) is 0 Å². The molecule has 0 bridgehead atoms. The van der Waals surface area contributed by atoms with Gasteiger partial charge in [0.1, 0.15) is 5.82 Å². The van der Waals surface area contributed by atoms with Crippen LogP contribution in [-0.2, 0) is 0 Å². The van der Waals surface area contributed by atoms with E-state index in [9.17, 15) is 0 Å². The van der Waals surface area contributed by atoms with Crippen molar-refractivity contribution in [3.63, 3.8) is 0 Å². The van der Waals surface area contributed by atoms with Crippen LogP contribution in [0.5, 0.6) is 0 Å². The maximum absolute atomic E-state index is 5.66. The third-order valence-electron chi connectivity index (χ3n) is 2.83. The van der Waals surface area contributed by atoms with Gasteiger partial charge in [0, 0.05) is 9.26 Å². The number of aromatic nitrogens is 2. The maximum Gasteiger partial charge on any atom is 0.131 e. The lowest BCUT2D eigenvalue weighted by Gasteiger charge is -1.93. The number of nitrogen functional groups attached to an aromatic ring is 1. The molecule has 3 rings (SSSR count). The topological polar surface area (TPSA) is 54.7 Å². The van der Waals surface area contributed by atoms with E-state index in [2.05, 4.69) is 44.7 Å². The number of benzene rings is 2. The molecule has 0 aliphatic carbocycles. The number of hydrogen-bond donors (Lipinski definition) is 2. The van der Waals surface area contributed by atoms with Crippen molar-refractivity contribution in [3.05, 3.63) is 57.4 Å². The van der Waals surface area contributed by atoms with E-state index in [0.29, 0.717) is 0 Å².